The summed E-state index contributed by atoms with van der Waals surface area (Å²) in [7, 11) is 0. The standard InChI is InChI=1S/C11H9N3OS/c15-6-9-5-14-7-13-10(11(14)16-9)8-2-1-3-12-4-8/h1-5,7,15H,6H2. The lowest BCUT2D eigenvalue weighted by Crippen LogP contribution is -1.78. The number of hydrogen-bond donors (Lipinski definition) is 1. The largest absolute Gasteiger partial charge is 0.391 e. The fraction of sp³-hybridized carbons (Fsp3) is 0.0909. The Morgan fingerprint density at radius 3 is 3.12 bits per heavy atom. The summed E-state index contributed by atoms with van der Waals surface area (Å²) in [4.78, 5) is 10.4. The third-order valence-corrected chi connectivity index (χ3v) is 3.44. The zero-order chi connectivity index (χ0) is 11.0. The molecule has 5 heteroatoms. The molecule has 0 aliphatic carbocycles. The van der Waals surface area contributed by atoms with Crippen LogP contribution < -0.4 is 0 Å². The summed E-state index contributed by atoms with van der Waals surface area (Å²) in [5, 5.41) is 9.08. The Morgan fingerprint density at radius 1 is 1.44 bits per heavy atom. The van der Waals surface area contributed by atoms with Crippen LogP contribution >= 0.6 is 11.3 Å². The molecule has 0 saturated carbocycles. The highest BCUT2D eigenvalue weighted by Gasteiger charge is 2.10. The Morgan fingerprint density at radius 2 is 2.38 bits per heavy atom. The summed E-state index contributed by atoms with van der Waals surface area (Å²) in [5.74, 6) is 0. The average Bonchev–Trinajstić information content (AvgIpc) is 2.88. The molecule has 3 rings (SSSR count). The molecule has 0 aromatic carbocycles. The number of hydrogen-bond acceptors (Lipinski definition) is 4. The maximum Gasteiger partial charge on any atom is 0.128 e. The smallest absolute Gasteiger partial charge is 0.128 e. The van der Waals surface area contributed by atoms with Gasteiger partial charge in [-0.1, -0.05) is 0 Å². The Hall–Kier alpha value is -1.72. The Kier molecular flexibility index (Phi) is 2.19. The molecule has 0 atom stereocenters. The maximum absolute atomic E-state index is 9.08. The molecular weight excluding hydrogens is 222 g/mol. The fourth-order valence-electron chi connectivity index (χ4n) is 1.62. The van der Waals surface area contributed by atoms with Gasteiger partial charge in [-0.15, -0.1) is 11.3 Å². The lowest BCUT2D eigenvalue weighted by molar-refractivity contribution is 0.285. The van der Waals surface area contributed by atoms with E-state index in [1.165, 1.54) is 0 Å². The van der Waals surface area contributed by atoms with Crippen molar-refractivity contribution in [2.24, 2.45) is 0 Å². The predicted molar refractivity (Wildman–Crippen MR) is 62.2 cm³/mol. The van der Waals surface area contributed by atoms with Crippen molar-refractivity contribution in [3.63, 3.8) is 0 Å². The van der Waals surface area contributed by atoms with E-state index in [4.69, 9.17) is 5.11 Å². The molecule has 0 aliphatic rings. The molecule has 0 fully saturated rings. The quantitative estimate of drug-likeness (QED) is 0.733. The van der Waals surface area contributed by atoms with E-state index in [9.17, 15) is 0 Å². The number of thiazole rings is 1. The molecule has 3 aromatic heterocycles. The monoisotopic (exact) mass is 231 g/mol. The van der Waals surface area contributed by atoms with Gasteiger partial charge in [-0.3, -0.25) is 9.38 Å². The van der Waals surface area contributed by atoms with Crippen LogP contribution in [0.3, 0.4) is 0 Å². The zero-order valence-electron chi connectivity index (χ0n) is 8.37. The number of pyridine rings is 1. The van der Waals surface area contributed by atoms with Gasteiger partial charge in [0.1, 0.15) is 16.9 Å². The average molecular weight is 231 g/mol. The van der Waals surface area contributed by atoms with Crippen LogP contribution in [-0.2, 0) is 6.61 Å². The molecule has 1 N–H and O–H groups in total. The second-order valence-corrected chi connectivity index (χ2v) is 4.52. The van der Waals surface area contributed by atoms with E-state index >= 15 is 0 Å². The van der Waals surface area contributed by atoms with Crippen LogP contribution in [-0.4, -0.2) is 19.5 Å². The second-order valence-electron chi connectivity index (χ2n) is 3.40. The molecule has 0 aliphatic heterocycles. The highest BCUT2D eigenvalue weighted by atomic mass is 32.1. The van der Waals surface area contributed by atoms with Crippen LogP contribution in [0, 0.1) is 0 Å². The summed E-state index contributed by atoms with van der Waals surface area (Å²) >= 11 is 1.55. The second kappa shape index (κ2) is 3.70. The van der Waals surface area contributed by atoms with E-state index in [-0.39, 0.29) is 6.61 Å². The number of imidazole rings is 1. The fourth-order valence-corrected chi connectivity index (χ4v) is 2.57. The minimum absolute atomic E-state index is 0.0683. The van der Waals surface area contributed by atoms with Crippen molar-refractivity contribution in [3.8, 4) is 11.3 Å². The van der Waals surface area contributed by atoms with Gasteiger partial charge in [0.05, 0.1) is 6.61 Å². The van der Waals surface area contributed by atoms with Crippen LogP contribution in [0.4, 0.5) is 0 Å². The highest BCUT2D eigenvalue weighted by molar-refractivity contribution is 7.17. The van der Waals surface area contributed by atoms with Crippen molar-refractivity contribution in [3.05, 3.63) is 41.9 Å². The van der Waals surface area contributed by atoms with Crippen LogP contribution in [0.25, 0.3) is 16.1 Å². The molecule has 0 saturated heterocycles. The molecule has 80 valence electrons. The number of aliphatic hydroxyl groups is 1. The zero-order valence-corrected chi connectivity index (χ0v) is 9.18. The predicted octanol–water partition coefficient (Wildman–Crippen LogP) is 1.95. The van der Waals surface area contributed by atoms with E-state index in [0.717, 1.165) is 21.0 Å². The molecule has 4 nitrogen and oxygen atoms in total. The summed E-state index contributed by atoms with van der Waals surface area (Å²) in [6.07, 6.45) is 7.19. The normalized spacial score (nSPS) is 11.1. The topological polar surface area (TPSA) is 50.4 Å². The van der Waals surface area contributed by atoms with Gasteiger partial charge < -0.3 is 5.11 Å². The first-order valence-corrected chi connectivity index (χ1v) is 5.67. The molecule has 16 heavy (non-hydrogen) atoms. The lowest BCUT2D eigenvalue weighted by Gasteiger charge is -1.93. The summed E-state index contributed by atoms with van der Waals surface area (Å²) in [5.41, 5.74) is 1.91. The van der Waals surface area contributed by atoms with Crippen LogP contribution in [0.15, 0.2) is 37.1 Å². The first-order valence-electron chi connectivity index (χ1n) is 4.85. The molecule has 0 amide bonds. The van der Waals surface area contributed by atoms with Crippen molar-refractivity contribution in [2.75, 3.05) is 0 Å². The Labute approximate surface area is 95.8 Å². The SMILES string of the molecule is OCc1cn2cnc(-c3cccnc3)c2s1. The van der Waals surface area contributed by atoms with Gasteiger partial charge >= 0.3 is 0 Å². The van der Waals surface area contributed by atoms with E-state index < -0.39 is 0 Å². The maximum atomic E-state index is 9.08. The van der Waals surface area contributed by atoms with E-state index in [1.807, 2.05) is 22.7 Å². The van der Waals surface area contributed by atoms with Gasteiger partial charge in [0.25, 0.3) is 0 Å². The molecule has 0 spiro atoms. The molecule has 0 bridgehead atoms. The minimum Gasteiger partial charge on any atom is -0.391 e. The van der Waals surface area contributed by atoms with Gasteiger partial charge in [0.15, 0.2) is 0 Å². The Balaban J connectivity index is 2.20. The number of aliphatic hydroxyl groups excluding tert-OH is 1. The number of aromatic nitrogens is 3. The van der Waals surface area contributed by atoms with E-state index in [1.54, 1.807) is 30.1 Å². The van der Waals surface area contributed by atoms with Crippen LogP contribution in [0.2, 0.25) is 0 Å². The van der Waals surface area contributed by atoms with Gasteiger partial charge in [-0.25, -0.2) is 4.98 Å². The first kappa shape index (κ1) is 9.50. The minimum atomic E-state index is 0.0683. The molecular formula is C11H9N3OS. The lowest BCUT2D eigenvalue weighted by atomic mass is 10.2. The summed E-state index contributed by atoms with van der Waals surface area (Å²) < 4.78 is 1.93. The van der Waals surface area contributed by atoms with Gasteiger partial charge in [0, 0.05) is 29.0 Å². The molecule has 3 heterocycles. The van der Waals surface area contributed by atoms with Crippen molar-refractivity contribution in [2.45, 2.75) is 6.61 Å². The first-order chi connectivity index (χ1) is 7.88. The summed E-state index contributed by atoms with van der Waals surface area (Å²) in [6.45, 7) is 0.0683. The Bertz CT molecular complexity index is 614. The summed E-state index contributed by atoms with van der Waals surface area (Å²) in [6, 6.07) is 3.87. The number of rotatable bonds is 2. The number of fused-ring (bicyclic) bond motifs is 1. The molecule has 0 radical (unpaired) electrons. The van der Waals surface area contributed by atoms with Crippen LogP contribution in [0.5, 0.6) is 0 Å². The van der Waals surface area contributed by atoms with Gasteiger partial charge in [-0.2, -0.15) is 0 Å². The molecule has 0 unspecified atom stereocenters. The third-order valence-electron chi connectivity index (χ3n) is 2.35. The van der Waals surface area contributed by atoms with Crippen molar-refractivity contribution in [1.82, 2.24) is 14.4 Å². The van der Waals surface area contributed by atoms with Crippen LogP contribution in [0.1, 0.15) is 4.88 Å². The van der Waals surface area contributed by atoms with E-state index in [0.29, 0.717) is 0 Å². The van der Waals surface area contributed by atoms with Crippen molar-refractivity contribution in [1.29, 1.82) is 0 Å². The van der Waals surface area contributed by atoms with Crippen molar-refractivity contribution >= 4 is 16.2 Å². The van der Waals surface area contributed by atoms with Gasteiger partial charge in [0.2, 0.25) is 0 Å². The highest BCUT2D eigenvalue weighted by Crippen LogP contribution is 2.28. The van der Waals surface area contributed by atoms with Gasteiger partial charge in [-0.05, 0) is 12.1 Å². The number of nitrogens with zero attached hydrogens (tertiary/aromatic N) is 3. The molecule has 3 aromatic rings. The van der Waals surface area contributed by atoms with Crippen molar-refractivity contribution < 1.29 is 5.11 Å². The van der Waals surface area contributed by atoms with E-state index in [2.05, 4.69) is 9.97 Å². The third kappa shape index (κ3) is 1.41.